The predicted molar refractivity (Wildman–Crippen MR) is 154 cm³/mol. The standard InChI is InChI=1S/C28H60O5Si2/c1-20(2)35(21(3)4,22(5)6)32-19-24(8)17-26(31-13)27(25(30-12)16-23(7)18-29)33-34(14,15)28(9,10)11/h18,20-27H,16-17,19H2,1-15H3. The summed E-state index contributed by atoms with van der Waals surface area (Å²) in [5.74, 6) is 0.216. The lowest BCUT2D eigenvalue weighted by molar-refractivity contribution is -0.116. The summed E-state index contributed by atoms with van der Waals surface area (Å²) in [6, 6.07) is 0. The Labute approximate surface area is 220 Å². The van der Waals surface area contributed by atoms with Crippen molar-refractivity contribution >= 4 is 22.9 Å². The van der Waals surface area contributed by atoms with Gasteiger partial charge in [-0.3, -0.25) is 0 Å². The highest BCUT2D eigenvalue weighted by molar-refractivity contribution is 6.77. The number of carbonyl (C=O) groups is 1. The lowest BCUT2D eigenvalue weighted by atomic mass is 9.93. The van der Waals surface area contributed by atoms with Gasteiger partial charge in [-0.2, -0.15) is 0 Å². The molecule has 0 fully saturated rings. The molecule has 0 N–H and O–H groups in total. The summed E-state index contributed by atoms with van der Waals surface area (Å²) in [6.07, 6.45) is 1.86. The summed E-state index contributed by atoms with van der Waals surface area (Å²) in [4.78, 5) is 11.5. The molecule has 5 atom stereocenters. The molecule has 5 unspecified atom stereocenters. The number of hydrogen-bond acceptors (Lipinski definition) is 5. The monoisotopic (exact) mass is 532 g/mol. The molecule has 7 heteroatoms. The van der Waals surface area contributed by atoms with E-state index >= 15 is 0 Å². The summed E-state index contributed by atoms with van der Waals surface area (Å²) < 4.78 is 25.9. The van der Waals surface area contributed by atoms with Gasteiger partial charge < -0.3 is 23.1 Å². The molecule has 35 heavy (non-hydrogen) atoms. The van der Waals surface area contributed by atoms with Gasteiger partial charge in [0.2, 0.25) is 0 Å². The lowest BCUT2D eigenvalue weighted by Crippen LogP contribution is -2.53. The van der Waals surface area contributed by atoms with Crippen LogP contribution in [0.25, 0.3) is 0 Å². The van der Waals surface area contributed by atoms with Gasteiger partial charge in [-0.15, -0.1) is 0 Å². The van der Waals surface area contributed by atoms with Crippen molar-refractivity contribution < 1.29 is 23.1 Å². The minimum absolute atomic E-state index is 0.0594. The first-order valence-corrected chi connectivity index (χ1v) is 18.8. The molecule has 0 aliphatic rings. The Bertz CT molecular complexity index is 579. The van der Waals surface area contributed by atoms with Gasteiger partial charge in [-0.1, -0.05) is 76.2 Å². The molecule has 210 valence electrons. The van der Waals surface area contributed by atoms with Crippen LogP contribution in [0.15, 0.2) is 0 Å². The van der Waals surface area contributed by atoms with E-state index < -0.39 is 16.6 Å². The van der Waals surface area contributed by atoms with E-state index in [4.69, 9.17) is 18.3 Å². The van der Waals surface area contributed by atoms with Crippen LogP contribution in [0, 0.1) is 11.8 Å². The van der Waals surface area contributed by atoms with Crippen molar-refractivity contribution in [2.75, 3.05) is 20.8 Å². The van der Waals surface area contributed by atoms with Gasteiger partial charge in [0.1, 0.15) is 6.29 Å². The van der Waals surface area contributed by atoms with E-state index in [-0.39, 0.29) is 29.3 Å². The molecule has 0 amide bonds. The Hall–Kier alpha value is -0.0562. The van der Waals surface area contributed by atoms with E-state index in [2.05, 4.69) is 82.3 Å². The third-order valence-corrected chi connectivity index (χ3v) is 18.9. The Morgan fingerprint density at radius 2 is 1.20 bits per heavy atom. The molecule has 0 bridgehead atoms. The van der Waals surface area contributed by atoms with Crippen molar-refractivity contribution in [3.63, 3.8) is 0 Å². The average Bonchev–Trinajstić information content (AvgIpc) is 2.73. The second-order valence-electron chi connectivity index (χ2n) is 13.2. The fourth-order valence-corrected chi connectivity index (χ4v) is 12.2. The van der Waals surface area contributed by atoms with Gasteiger partial charge in [0.05, 0.1) is 18.3 Å². The minimum Gasteiger partial charge on any atom is -0.416 e. The third-order valence-electron chi connectivity index (χ3n) is 8.37. The van der Waals surface area contributed by atoms with Gasteiger partial charge in [-0.25, -0.2) is 0 Å². The highest BCUT2D eigenvalue weighted by atomic mass is 28.4. The van der Waals surface area contributed by atoms with Crippen molar-refractivity contribution in [1.29, 1.82) is 0 Å². The number of methoxy groups -OCH3 is 2. The van der Waals surface area contributed by atoms with Crippen molar-refractivity contribution in [2.45, 2.75) is 142 Å². The number of hydrogen-bond donors (Lipinski definition) is 0. The SMILES string of the molecule is COC(CC(C)C=O)C(O[Si](C)(C)C(C)(C)C)C(CC(C)CO[Si](C(C)C)(C(C)C)C(C)C)OC. The van der Waals surface area contributed by atoms with Crippen LogP contribution in [0.2, 0.25) is 34.8 Å². The maximum absolute atomic E-state index is 11.5. The molecular formula is C28H60O5Si2. The fraction of sp³-hybridized carbons (Fsp3) is 0.964. The van der Waals surface area contributed by atoms with E-state index in [1.165, 1.54) is 0 Å². The summed E-state index contributed by atoms with van der Waals surface area (Å²) in [5, 5.41) is 0.0594. The second-order valence-corrected chi connectivity index (χ2v) is 23.4. The normalized spacial score (nSPS) is 18.1. The van der Waals surface area contributed by atoms with Crippen LogP contribution < -0.4 is 0 Å². The van der Waals surface area contributed by atoms with Gasteiger partial charge in [-0.05, 0) is 53.5 Å². The molecule has 0 radical (unpaired) electrons. The van der Waals surface area contributed by atoms with E-state index in [1.54, 1.807) is 14.2 Å². The number of rotatable bonds is 17. The maximum Gasteiger partial charge on any atom is 0.200 e. The highest BCUT2D eigenvalue weighted by Gasteiger charge is 2.46. The summed E-state index contributed by atoms with van der Waals surface area (Å²) in [5.41, 5.74) is 1.68. The Morgan fingerprint density at radius 3 is 1.54 bits per heavy atom. The molecule has 0 aromatic carbocycles. The Kier molecular flexibility index (Phi) is 14.7. The van der Waals surface area contributed by atoms with E-state index in [1.807, 2.05) is 6.92 Å². The van der Waals surface area contributed by atoms with E-state index in [0.717, 1.165) is 19.3 Å². The van der Waals surface area contributed by atoms with Crippen LogP contribution in [-0.4, -0.2) is 62.1 Å². The van der Waals surface area contributed by atoms with Gasteiger partial charge in [0.15, 0.2) is 16.6 Å². The molecule has 0 aliphatic carbocycles. The topological polar surface area (TPSA) is 54.0 Å². The van der Waals surface area contributed by atoms with Crippen molar-refractivity contribution in [3.05, 3.63) is 0 Å². The zero-order valence-corrected chi connectivity index (χ0v) is 27.9. The van der Waals surface area contributed by atoms with Crippen LogP contribution in [0.3, 0.4) is 0 Å². The smallest absolute Gasteiger partial charge is 0.200 e. The number of ether oxygens (including phenoxy) is 2. The molecular weight excluding hydrogens is 472 g/mol. The summed E-state index contributed by atoms with van der Waals surface area (Å²) in [7, 11) is -0.541. The Balaban J connectivity index is 5.89. The molecule has 0 rings (SSSR count). The Morgan fingerprint density at radius 1 is 0.771 bits per heavy atom. The number of carbonyl (C=O) groups excluding carboxylic acids is 1. The van der Waals surface area contributed by atoms with Gasteiger partial charge >= 0.3 is 0 Å². The van der Waals surface area contributed by atoms with Crippen LogP contribution in [-0.2, 0) is 23.1 Å². The molecule has 0 aromatic rings. The molecule has 0 heterocycles. The third kappa shape index (κ3) is 9.64. The summed E-state index contributed by atoms with van der Waals surface area (Å²) >= 11 is 0. The van der Waals surface area contributed by atoms with Crippen LogP contribution in [0.1, 0.15) is 89.0 Å². The molecule has 0 saturated heterocycles. The minimum atomic E-state index is -2.10. The molecule has 0 aromatic heterocycles. The predicted octanol–water partition coefficient (Wildman–Crippen LogP) is 7.85. The first-order valence-electron chi connectivity index (χ1n) is 13.7. The second kappa shape index (κ2) is 14.8. The fourth-order valence-electron chi connectivity index (χ4n) is 5.31. The molecule has 0 aliphatic heterocycles. The van der Waals surface area contributed by atoms with Crippen LogP contribution >= 0.6 is 0 Å². The quantitative estimate of drug-likeness (QED) is 0.141. The van der Waals surface area contributed by atoms with Crippen molar-refractivity contribution in [1.82, 2.24) is 0 Å². The number of aldehydes is 1. The summed E-state index contributed by atoms with van der Waals surface area (Å²) in [6.45, 7) is 30.2. The highest BCUT2D eigenvalue weighted by Crippen LogP contribution is 2.43. The zero-order chi connectivity index (χ0) is 27.8. The van der Waals surface area contributed by atoms with Crippen molar-refractivity contribution in [2.24, 2.45) is 11.8 Å². The molecule has 0 spiro atoms. The lowest BCUT2D eigenvalue weighted by Gasteiger charge is -2.44. The molecule has 0 saturated carbocycles. The van der Waals surface area contributed by atoms with E-state index in [9.17, 15) is 4.79 Å². The molecule has 5 nitrogen and oxygen atoms in total. The first kappa shape index (κ1) is 34.9. The maximum atomic E-state index is 11.5. The zero-order valence-electron chi connectivity index (χ0n) is 25.9. The van der Waals surface area contributed by atoms with Crippen LogP contribution in [0.4, 0.5) is 0 Å². The van der Waals surface area contributed by atoms with E-state index in [0.29, 0.717) is 29.0 Å². The van der Waals surface area contributed by atoms with Crippen molar-refractivity contribution in [3.8, 4) is 0 Å². The van der Waals surface area contributed by atoms with Crippen LogP contribution in [0.5, 0.6) is 0 Å². The largest absolute Gasteiger partial charge is 0.416 e. The average molecular weight is 533 g/mol. The first-order chi connectivity index (χ1) is 15.9. The van der Waals surface area contributed by atoms with Gasteiger partial charge in [0, 0.05) is 26.7 Å². The van der Waals surface area contributed by atoms with Gasteiger partial charge in [0.25, 0.3) is 0 Å².